The molecule has 1 aliphatic rings. The zero-order valence-electron chi connectivity index (χ0n) is 15.6. The predicted molar refractivity (Wildman–Crippen MR) is 112 cm³/mol. The fraction of sp³-hybridized carbons (Fsp3) is 0.115. The molecule has 0 saturated carbocycles. The fourth-order valence-electron chi connectivity index (χ4n) is 4.55. The molecule has 0 spiro atoms. The second-order valence-corrected chi connectivity index (χ2v) is 7.55. The molecule has 4 aromatic rings. The summed E-state index contributed by atoms with van der Waals surface area (Å²) < 4.78 is 0. The zero-order chi connectivity index (χ0) is 19.3. The number of benzene rings is 4. The molecule has 0 fully saturated rings. The number of carbonyl (C=O) groups is 1. The monoisotopic (exact) mass is 364 g/mol. The Hall–Kier alpha value is -3.23. The summed E-state index contributed by atoms with van der Waals surface area (Å²) in [5.41, 5.74) is 3.31. The van der Waals surface area contributed by atoms with Crippen LogP contribution in [0.25, 0.3) is 10.8 Å². The largest absolute Gasteiger partial charge is 0.380 e. The van der Waals surface area contributed by atoms with Gasteiger partial charge in [0.25, 0.3) is 0 Å². The molecule has 1 unspecified atom stereocenters. The van der Waals surface area contributed by atoms with Crippen molar-refractivity contribution in [3.63, 3.8) is 0 Å². The van der Waals surface area contributed by atoms with Crippen LogP contribution in [0, 0.1) is 6.92 Å². The molecule has 2 nitrogen and oxygen atoms in total. The summed E-state index contributed by atoms with van der Waals surface area (Å²) in [5.74, 6) is -0.00806. The molecular formula is C26H20O2. The summed E-state index contributed by atoms with van der Waals surface area (Å²) in [6, 6.07) is 27.6. The highest BCUT2D eigenvalue weighted by molar-refractivity contribution is 6.14. The quantitative estimate of drug-likeness (QED) is 0.533. The van der Waals surface area contributed by atoms with Gasteiger partial charge < -0.3 is 5.11 Å². The van der Waals surface area contributed by atoms with E-state index in [0.717, 1.165) is 21.9 Å². The Morgan fingerprint density at radius 3 is 2.36 bits per heavy atom. The Kier molecular flexibility index (Phi) is 3.71. The Labute approximate surface area is 164 Å². The first-order valence-electron chi connectivity index (χ1n) is 9.53. The number of fused-ring (bicyclic) bond motifs is 3. The molecule has 136 valence electrons. The minimum atomic E-state index is -1.25. The van der Waals surface area contributed by atoms with Crippen LogP contribution in [0.5, 0.6) is 0 Å². The van der Waals surface area contributed by atoms with Gasteiger partial charge in [0.2, 0.25) is 0 Å². The number of rotatable bonds is 2. The summed E-state index contributed by atoms with van der Waals surface area (Å²) >= 11 is 0. The van der Waals surface area contributed by atoms with E-state index in [-0.39, 0.29) is 5.78 Å². The van der Waals surface area contributed by atoms with Crippen molar-refractivity contribution >= 4 is 16.6 Å². The van der Waals surface area contributed by atoms with Gasteiger partial charge >= 0.3 is 0 Å². The normalized spacial score (nSPS) is 18.0. The Bertz CT molecular complexity index is 1230. The van der Waals surface area contributed by atoms with Gasteiger partial charge in [-0.25, -0.2) is 0 Å². The van der Waals surface area contributed by atoms with Crippen LogP contribution in [0.4, 0.5) is 0 Å². The molecule has 0 aromatic heterocycles. The Morgan fingerprint density at radius 2 is 1.46 bits per heavy atom. The third-order valence-corrected chi connectivity index (χ3v) is 5.89. The van der Waals surface area contributed by atoms with E-state index in [2.05, 4.69) is 24.3 Å². The molecule has 0 heterocycles. The molecule has 1 atom stereocenters. The predicted octanol–water partition coefficient (Wildman–Crippen LogP) is 5.17. The average Bonchev–Trinajstić information content (AvgIpc) is 2.72. The van der Waals surface area contributed by atoms with Crippen LogP contribution in [-0.4, -0.2) is 10.9 Å². The molecule has 0 aliphatic heterocycles. The number of ketones is 1. The Balaban J connectivity index is 1.78. The maximum atomic E-state index is 13.2. The number of hydrogen-bond donors (Lipinski definition) is 1. The number of carbonyl (C=O) groups excluding carboxylic acids is 1. The van der Waals surface area contributed by atoms with Crippen LogP contribution in [0.15, 0.2) is 84.9 Å². The SMILES string of the molecule is Cc1cccc2c1C(=O)c1ccccc1C2(O)Cc1cccc2ccccc12. The first-order valence-corrected chi connectivity index (χ1v) is 9.53. The van der Waals surface area contributed by atoms with Crippen LogP contribution in [0.2, 0.25) is 0 Å². The topological polar surface area (TPSA) is 37.3 Å². The number of aryl methyl sites for hydroxylation is 1. The summed E-state index contributed by atoms with van der Waals surface area (Å²) in [6.45, 7) is 1.93. The van der Waals surface area contributed by atoms with E-state index < -0.39 is 5.60 Å². The van der Waals surface area contributed by atoms with Crippen molar-refractivity contribution < 1.29 is 9.90 Å². The van der Waals surface area contributed by atoms with Gasteiger partial charge in [0, 0.05) is 17.5 Å². The van der Waals surface area contributed by atoms with Crippen molar-refractivity contribution in [1.29, 1.82) is 0 Å². The molecule has 1 N–H and O–H groups in total. The number of hydrogen-bond acceptors (Lipinski definition) is 2. The lowest BCUT2D eigenvalue weighted by atomic mass is 9.70. The van der Waals surface area contributed by atoms with Crippen LogP contribution in [-0.2, 0) is 12.0 Å². The molecular weight excluding hydrogens is 344 g/mol. The Morgan fingerprint density at radius 1 is 0.786 bits per heavy atom. The smallest absolute Gasteiger partial charge is 0.194 e. The lowest BCUT2D eigenvalue weighted by Gasteiger charge is -2.37. The van der Waals surface area contributed by atoms with Gasteiger partial charge in [-0.2, -0.15) is 0 Å². The van der Waals surface area contributed by atoms with Crippen LogP contribution >= 0.6 is 0 Å². The van der Waals surface area contributed by atoms with Crippen molar-refractivity contribution in [3.8, 4) is 0 Å². The summed E-state index contributed by atoms with van der Waals surface area (Å²) in [4.78, 5) is 13.2. The summed E-state index contributed by atoms with van der Waals surface area (Å²) in [6.07, 6.45) is 0.412. The second-order valence-electron chi connectivity index (χ2n) is 7.55. The third kappa shape index (κ3) is 2.35. The highest BCUT2D eigenvalue weighted by Crippen LogP contribution is 2.43. The van der Waals surface area contributed by atoms with E-state index in [1.54, 1.807) is 0 Å². The highest BCUT2D eigenvalue weighted by Gasteiger charge is 2.42. The molecule has 5 rings (SSSR count). The first kappa shape index (κ1) is 16.9. The second kappa shape index (κ2) is 6.15. The molecule has 0 amide bonds. The van der Waals surface area contributed by atoms with E-state index in [0.29, 0.717) is 28.7 Å². The van der Waals surface area contributed by atoms with Gasteiger partial charge in [0.05, 0.1) is 0 Å². The van der Waals surface area contributed by atoms with Gasteiger partial charge in [-0.3, -0.25) is 4.79 Å². The molecule has 2 heteroatoms. The average molecular weight is 364 g/mol. The first-order chi connectivity index (χ1) is 13.6. The van der Waals surface area contributed by atoms with Crippen molar-refractivity contribution in [1.82, 2.24) is 0 Å². The molecule has 1 aliphatic carbocycles. The molecule has 4 aromatic carbocycles. The maximum Gasteiger partial charge on any atom is 0.194 e. The fourth-order valence-corrected chi connectivity index (χ4v) is 4.55. The van der Waals surface area contributed by atoms with Crippen molar-refractivity contribution in [3.05, 3.63) is 118 Å². The van der Waals surface area contributed by atoms with Crippen molar-refractivity contribution in [2.24, 2.45) is 0 Å². The van der Waals surface area contributed by atoms with Crippen LogP contribution in [0.3, 0.4) is 0 Å². The number of aliphatic hydroxyl groups is 1. The van der Waals surface area contributed by atoms with E-state index in [9.17, 15) is 9.90 Å². The molecule has 28 heavy (non-hydrogen) atoms. The van der Waals surface area contributed by atoms with Gasteiger partial charge in [0.1, 0.15) is 5.60 Å². The van der Waals surface area contributed by atoms with Crippen molar-refractivity contribution in [2.45, 2.75) is 18.9 Å². The molecule has 0 saturated heterocycles. The van der Waals surface area contributed by atoms with Crippen molar-refractivity contribution in [2.75, 3.05) is 0 Å². The van der Waals surface area contributed by atoms with Crippen LogP contribution in [0.1, 0.15) is 38.2 Å². The van der Waals surface area contributed by atoms with Gasteiger partial charge in [-0.1, -0.05) is 84.9 Å². The summed E-state index contributed by atoms with van der Waals surface area (Å²) in [5, 5.41) is 14.4. The van der Waals surface area contributed by atoms with E-state index in [4.69, 9.17) is 0 Å². The lowest BCUT2D eigenvalue weighted by Crippen LogP contribution is -2.38. The van der Waals surface area contributed by atoms with E-state index in [1.807, 2.05) is 67.6 Å². The van der Waals surface area contributed by atoms with E-state index in [1.165, 1.54) is 0 Å². The van der Waals surface area contributed by atoms with Gasteiger partial charge in [0.15, 0.2) is 5.78 Å². The summed E-state index contributed by atoms with van der Waals surface area (Å²) in [7, 11) is 0. The maximum absolute atomic E-state index is 13.2. The lowest BCUT2D eigenvalue weighted by molar-refractivity contribution is 0.0722. The highest BCUT2D eigenvalue weighted by atomic mass is 16.3. The molecule has 0 radical (unpaired) electrons. The van der Waals surface area contributed by atoms with Crippen LogP contribution < -0.4 is 0 Å². The molecule has 0 bridgehead atoms. The third-order valence-electron chi connectivity index (χ3n) is 5.89. The minimum absolute atomic E-state index is 0.00806. The van der Waals surface area contributed by atoms with E-state index >= 15 is 0 Å². The zero-order valence-corrected chi connectivity index (χ0v) is 15.6. The van der Waals surface area contributed by atoms with Gasteiger partial charge in [-0.15, -0.1) is 0 Å². The van der Waals surface area contributed by atoms with Gasteiger partial charge in [-0.05, 0) is 39.9 Å². The standard InChI is InChI=1S/C26H20O2/c1-17-8-6-15-23-24(17)25(27)21-13-4-5-14-22(21)26(23,28)16-19-11-7-10-18-9-2-3-12-20(18)19/h2-15,28H,16H2,1H3. The minimum Gasteiger partial charge on any atom is -0.380 e.